The molecule has 0 spiro atoms. The summed E-state index contributed by atoms with van der Waals surface area (Å²) in [6, 6.07) is 6.61. The van der Waals surface area contributed by atoms with E-state index in [0.29, 0.717) is 36.7 Å². The Balaban J connectivity index is 1.46. The van der Waals surface area contributed by atoms with Crippen LogP contribution in [0.1, 0.15) is 66.6 Å². The molecular formula is C29H35F6N5O2. The molecule has 42 heavy (non-hydrogen) atoms. The summed E-state index contributed by atoms with van der Waals surface area (Å²) in [4.78, 5) is 37.4. The van der Waals surface area contributed by atoms with Crippen LogP contribution in [0.25, 0.3) is 0 Å². The number of hydrogen-bond acceptors (Lipinski definition) is 6. The topological polar surface area (TPSA) is 78.4 Å². The molecule has 1 aromatic carbocycles. The first-order chi connectivity index (χ1) is 19.7. The first-order valence-electron chi connectivity index (χ1n) is 14.1. The monoisotopic (exact) mass is 599 g/mol. The van der Waals surface area contributed by atoms with Gasteiger partial charge in [-0.1, -0.05) is 6.42 Å². The third-order valence-electron chi connectivity index (χ3n) is 8.30. The van der Waals surface area contributed by atoms with Crippen LogP contribution >= 0.6 is 0 Å². The molecule has 2 atom stereocenters. The van der Waals surface area contributed by atoms with E-state index in [0.717, 1.165) is 25.9 Å². The van der Waals surface area contributed by atoms with E-state index in [1.807, 2.05) is 7.05 Å². The Morgan fingerprint density at radius 1 is 1.02 bits per heavy atom. The molecule has 1 amide bonds. The van der Waals surface area contributed by atoms with E-state index in [1.165, 1.54) is 0 Å². The normalized spacial score (nSPS) is 20.5. The third kappa shape index (κ3) is 8.20. The summed E-state index contributed by atoms with van der Waals surface area (Å²) in [7, 11) is 3.82. The highest BCUT2D eigenvalue weighted by molar-refractivity contribution is 5.94. The molecule has 13 heteroatoms. The summed E-state index contributed by atoms with van der Waals surface area (Å²) in [5, 5.41) is 2.87. The average Bonchev–Trinajstić information content (AvgIpc) is 3.39. The molecule has 2 aliphatic rings. The maximum atomic E-state index is 13.8. The van der Waals surface area contributed by atoms with E-state index in [2.05, 4.69) is 20.2 Å². The van der Waals surface area contributed by atoms with Gasteiger partial charge in [0.05, 0.1) is 17.7 Å². The summed E-state index contributed by atoms with van der Waals surface area (Å²) in [5.41, 5.74) is -0.426. The number of carbonyl (C=O) groups excluding carboxylic acids is 2. The van der Waals surface area contributed by atoms with Gasteiger partial charge in [0.2, 0.25) is 5.95 Å². The number of aromatic nitrogens is 2. The van der Waals surface area contributed by atoms with E-state index in [4.69, 9.17) is 0 Å². The minimum absolute atomic E-state index is 0.0986. The molecule has 0 bridgehead atoms. The summed E-state index contributed by atoms with van der Waals surface area (Å²) < 4.78 is 79.2. The molecule has 1 aromatic heterocycles. The van der Waals surface area contributed by atoms with Gasteiger partial charge < -0.3 is 15.1 Å². The van der Waals surface area contributed by atoms with Crippen molar-refractivity contribution in [1.29, 1.82) is 0 Å². The van der Waals surface area contributed by atoms with Gasteiger partial charge in [-0.25, -0.2) is 9.97 Å². The van der Waals surface area contributed by atoms with Gasteiger partial charge in [0.1, 0.15) is 5.78 Å². The molecule has 2 fully saturated rings. The summed E-state index contributed by atoms with van der Waals surface area (Å²) in [6.07, 6.45) is -7.60. The molecule has 0 unspecified atom stereocenters. The van der Waals surface area contributed by atoms with E-state index in [1.54, 1.807) is 36.2 Å². The minimum Gasteiger partial charge on any atom is -0.339 e. The molecule has 230 valence electrons. The van der Waals surface area contributed by atoms with Crippen molar-refractivity contribution >= 4 is 23.3 Å². The Kier molecular flexibility index (Phi) is 9.79. The highest BCUT2D eigenvalue weighted by Gasteiger charge is 2.39. The van der Waals surface area contributed by atoms with Crippen LogP contribution in [0, 0.1) is 11.8 Å². The zero-order valence-electron chi connectivity index (χ0n) is 23.6. The molecule has 2 aromatic rings. The van der Waals surface area contributed by atoms with E-state index < -0.39 is 48.4 Å². The van der Waals surface area contributed by atoms with Gasteiger partial charge in [0.15, 0.2) is 0 Å². The Bertz CT molecular complexity index is 1240. The van der Waals surface area contributed by atoms with E-state index in [-0.39, 0.29) is 30.0 Å². The lowest BCUT2D eigenvalue weighted by molar-refractivity contribution is -0.145. The van der Waals surface area contributed by atoms with Crippen LogP contribution in [0.2, 0.25) is 0 Å². The molecule has 7 nitrogen and oxygen atoms in total. The number of halogens is 6. The van der Waals surface area contributed by atoms with Gasteiger partial charge in [-0.3, -0.25) is 9.59 Å². The quantitative estimate of drug-likeness (QED) is 0.342. The van der Waals surface area contributed by atoms with Crippen LogP contribution in [-0.2, 0) is 17.4 Å². The first kappa shape index (κ1) is 31.7. The maximum absolute atomic E-state index is 13.8. The number of nitrogens with one attached hydrogen (secondary N) is 1. The molecule has 1 saturated carbocycles. The number of carbonyl (C=O) groups is 2. The van der Waals surface area contributed by atoms with Crippen LogP contribution in [0.5, 0.6) is 0 Å². The maximum Gasteiger partial charge on any atom is 0.419 e. The van der Waals surface area contributed by atoms with Crippen LogP contribution in [0.15, 0.2) is 30.5 Å². The smallest absolute Gasteiger partial charge is 0.339 e. The van der Waals surface area contributed by atoms with Crippen molar-refractivity contribution in [1.82, 2.24) is 19.8 Å². The van der Waals surface area contributed by atoms with E-state index >= 15 is 0 Å². The number of amides is 1. The number of likely N-dealkylation sites (tertiary alicyclic amines) is 1. The summed E-state index contributed by atoms with van der Waals surface area (Å²) in [5.74, 6) is -2.08. The van der Waals surface area contributed by atoms with Crippen molar-refractivity contribution in [3.05, 3.63) is 47.3 Å². The van der Waals surface area contributed by atoms with Gasteiger partial charge in [0.25, 0.3) is 5.91 Å². The van der Waals surface area contributed by atoms with Crippen LogP contribution in [0.4, 0.5) is 38.0 Å². The van der Waals surface area contributed by atoms with E-state index in [9.17, 15) is 35.9 Å². The second-order valence-corrected chi connectivity index (χ2v) is 11.3. The van der Waals surface area contributed by atoms with Crippen molar-refractivity contribution < 1.29 is 35.9 Å². The SMILES string of the molecule is CN1CCC(N(C)C(=O)c2ccc(Nc3ncc(C(F)(F)F)c(C[C@@H]4CCC[C@@H]4C(=O)CCC(F)(F)F)n3)cc2)CC1. The predicted octanol–water partition coefficient (Wildman–Crippen LogP) is 6.28. The number of benzene rings is 1. The molecule has 4 rings (SSSR count). The highest BCUT2D eigenvalue weighted by atomic mass is 19.4. The van der Waals surface area contributed by atoms with Gasteiger partial charge >= 0.3 is 12.4 Å². The number of ketones is 1. The van der Waals surface area contributed by atoms with Crippen molar-refractivity contribution in [3.8, 4) is 0 Å². The molecule has 2 heterocycles. The van der Waals surface area contributed by atoms with Crippen molar-refractivity contribution in [3.63, 3.8) is 0 Å². The summed E-state index contributed by atoms with van der Waals surface area (Å²) >= 11 is 0. The van der Waals surface area contributed by atoms with Gasteiger partial charge in [-0.05, 0) is 82.4 Å². The molecule has 1 saturated heterocycles. The number of rotatable bonds is 9. The zero-order chi connectivity index (χ0) is 30.7. The Hall–Kier alpha value is -3.22. The van der Waals surface area contributed by atoms with Crippen LogP contribution in [-0.4, -0.2) is 70.9 Å². The van der Waals surface area contributed by atoms with Crippen molar-refractivity contribution in [2.24, 2.45) is 11.8 Å². The summed E-state index contributed by atoms with van der Waals surface area (Å²) in [6.45, 7) is 1.83. The van der Waals surface area contributed by atoms with Gasteiger partial charge in [-0.15, -0.1) is 0 Å². The predicted molar refractivity (Wildman–Crippen MR) is 144 cm³/mol. The van der Waals surface area contributed by atoms with Crippen LogP contribution < -0.4 is 5.32 Å². The molecule has 0 radical (unpaired) electrons. The lowest BCUT2D eigenvalue weighted by Crippen LogP contribution is -2.44. The lowest BCUT2D eigenvalue weighted by Gasteiger charge is -2.35. The third-order valence-corrected chi connectivity index (χ3v) is 8.30. The molecule has 1 aliphatic carbocycles. The zero-order valence-corrected chi connectivity index (χ0v) is 23.6. The first-order valence-corrected chi connectivity index (χ1v) is 14.1. The number of nitrogens with zero attached hydrogens (tertiary/aromatic N) is 4. The van der Waals surface area contributed by atoms with Gasteiger partial charge in [-0.2, -0.15) is 26.3 Å². The fourth-order valence-corrected chi connectivity index (χ4v) is 5.85. The molecular weight excluding hydrogens is 564 g/mol. The Morgan fingerprint density at radius 2 is 1.69 bits per heavy atom. The average molecular weight is 600 g/mol. The van der Waals surface area contributed by atoms with Crippen LogP contribution in [0.3, 0.4) is 0 Å². The lowest BCUT2D eigenvalue weighted by atomic mass is 9.86. The number of hydrogen-bond donors (Lipinski definition) is 1. The standard InChI is InChI=1S/C29H35F6N5O2/c1-39-14-11-21(12-15-39)40(2)26(42)18-6-8-20(9-7-18)37-27-36-17-23(29(33,34)35)24(38-27)16-19-4-3-5-22(19)25(41)10-13-28(30,31)32/h6-9,17,19,21-22H,3-5,10-16H2,1-2H3,(H,36,37,38)/t19-,22-/m0/s1. The van der Waals surface area contributed by atoms with Gasteiger partial charge in [0, 0.05) is 42.9 Å². The number of piperidine rings is 1. The van der Waals surface area contributed by atoms with Crippen molar-refractivity contribution in [2.45, 2.75) is 69.8 Å². The highest BCUT2D eigenvalue weighted by Crippen LogP contribution is 2.39. The minimum atomic E-state index is -4.75. The largest absolute Gasteiger partial charge is 0.419 e. The Labute approximate surface area is 240 Å². The molecule has 1 N–H and O–H groups in total. The Morgan fingerprint density at radius 3 is 2.31 bits per heavy atom. The fourth-order valence-electron chi connectivity index (χ4n) is 5.85. The number of anilines is 2. The van der Waals surface area contributed by atoms with Crippen molar-refractivity contribution in [2.75, 3.05) is 32.5 Å². The number of alkyl halides is 6. The second-order valence-electron chi connectivity index (χ2n) is 11.3. The second kappa shape index (κ2) is 13.0. The fraction of sp³-hybridized carbons (Fsp3) is 0.586. The molecule has 1 aliphatic heterocycles. The number of Topliss-reactive ketones (excluding diaryl/α,β-unsaturated/α-hetero) is 1.